The van der Waals surface area contributed by atoms with Gasteiger partial charge in [-0.1, -0.05) is 55.6 Å². The second-order valence-corrected chi connectivity index (χ2v) is 8.50. The summed E-state index contributed by atoms with van der Waals surface area (Å²) in [6.07, 6.45) is 11.7. The normalized spacial score (nSPS) is 9.67. The van der Waals surface area contributed by atoms with Crippen LogP contribution in [0, 0.1) is 3.57 Å². The number of halogens is 2. The van der Waals surface area contributed by atoms with E-state index < -0.39 is 0 Å². The summed E-state index contributed by atoms with van der Waals surface area (Å²) < 4.78 is 5.26. The van der Waals surface area contributed by atoms with Crippen molar-refractivity contribution in [2.75, 3.05) is 0 Å². The van der Waals surface area contributed by atoms with Gasteiger partial charge >= 0.3 is 0 Å². The van der Waals surface area contributed by atoms with Crippen molar-refractivity contribution in [1.29, 1.82) is 0 Å². The SMILES string of the molecule is C=Cc1cc[n+](C)cc1.C=Cc1cc[n+](C)cc1.I.Ic1cccc2c1[nH]c1ccccc12. The van der Waals surface area contributed by atoms with Gasteiger partial charge in [-0.05, 0) is 45.9 Å². The average molecular weight is 661 g/mol. The van der Waals surface area contributed by atoms with Crippen molar-refractivity contribution in [3.05, 3.63) is 119 Å². The molecule has 0 atom stereocenters. The molecule has 33 heavy (non-hydrogen) atoms. The van der Waals surface area contributed by atoms with Gasteiger partial charge in [0.25, 0.3) is 0 Å². The van der Waals surface area contributed by atoms with E-state index in [4.69, 9.17) is 0 Å². The molecule has 0 saturated heterocycles. The largest absolute Gasteiger partial charge is 0.354 e. The predicted molar refractivity (Wildman–Crippen MR) is 159 cm³/mol. The summed E-state index contributed by atoms with van der Waals surface area (Å²) in [6, 6.07) is 22.9. The smallest absolute Gasteiger partial charge is 0.169 e. The van der Waals surface area contributed by atoms with E-state index in [1.165, 1.54) is 25.4 Å². The summed E-state index contributed by atoms with van der Waals surface area (Å²) >= 11 is 2.36. The zero-order valence-corrected chi connectivity index (χ0v) is 23.4. The van der Waals surface area contributed by atoms with E-state index in [0.717, 1.165) is 11.1 Å². The molecule has 5 heteroatoms. The lowest BCUT2D eigenvalue weighted by molar-refractivity contribution is -0.671. The molecule has 0 aliphatic carbocycles. The average Bonchev–Trinajstić information content (AvgIpc) is 3.21. The third-order valence-corrected chi connectivity index (χ3v) is 5.87. The van der Waals surface area contributed by atoms with Crippen LogP contribution in [0.3, 0.4) is 0 Å². The minimum Gasteiger partial charge on any atom is -0.354 e. The van der Waals surface area contributed by atoms with E-state index >= 15 is 0 Å². The lowest BCUT2D eigenvalue weighted by atomic mass is 10.2. The van der Waals surface area contributed by atoms with E-state index in [9.17, 15) is 0 Å². The molecule has 168 valence electrons. The number of rotatable bonds is 2. The molecule has 3 nitrogen and oxygen atoms in total. The van der Waals surface area contributed by atoms with Crippen molar-refractivity contribution < 1.29 is 9.13 Å². The van der Waals surface area contributed by atoms with Gasteiger partial charge in [0, 0.05) is 44.1 Å². The van der Waals surface area contributed by atoms with Crippen LogP contribution in [-0.4, -0.2) is 4.98 Å². The zero-order valence-electron chi connectivity index (χ0n) is 18.9. The Morgan fingerprint density at radius 3 is 1.70 bits per heavy atom. The molecule has 3 aromatic heterocycles. The summed E-state index contributed by atoms with van der Waals surface area (Å²) in [5.41, 5.74) is 4.78. The maximum atomic E-state index is 3.65. The summed E-state index contributed by atoms with van der Waals surface area (Å²) in [5.74, 6) is 0. The number of benzene rings is 2. The highest BCUT2D eigenvalue weighted by Gasteiger charge is 2.04. The van der Waals surface area contributed by atoms with Gasteiger partial charge in [0.2, 0.25) is 0 Å². The number of aromatic nitrogens is 3. The Morgan fingerprint density at radius 1 is 0.697 bits per heavy atom. The number of pyridine rings is 2. The minimum atomic E-state index is 0. The van der Waals surface area contributed by atoms with Crippen molar-refractivity contribution in [2.45, 2.75) is 0 Å². The number of hydrogen-bond donors (Lipinski definition) is 1. The Bertz CT molecular complexity index is 1270. The van der Waals surface area contributed by atoms with Gasteiger partial charge in [0.15, 0.2) is 24.8 Å². The van der Waals surface area contributed by atoms with Crippen molar-refractivity contribution in [2.24, 2.45) is 14.1 Å². The highest BCUT2D eigenvalue weighted by molar-refractivity contribution is 14.1. The monoisotopic (exact) mass is 661 g/mol. The first-order valence-electron chi connectivity index (χ1n) is 10.3. The summed E-state index contributed by atoms with van der Waals surface area (Å²) in [5, 5.41) is 2.62. The lowest BCUT2D eigenvalue weighted by Gasteiger charge is -1.92. The summed E-state index contributed by atoms with van der Waals surface area (Å²) in [4.78, 5) is 3.44. The Kier molecular flexibility index (Phi) is 10.7. The Morgan fingerprint density at radius 2 is 1.18 bits per heavy atom. The Hall–Kier alpha value is -2.52. The van der Waals surface area contributed by atoms with Gasteiger partial charge in [-0.3, -0.25) is 0 Å². The molecule has 0 bridgehead atoms. The number of hydrogen-bond acceptors (Lipinski definition) is 0. The fourth-order valence-electron chi connectivity index (χ4n) is 3.13. The molecule has 1 N–H and O–H groups in total. The lowest BCUT2D eigenvalue weighted by Crippen LogP contribution is -2.25. The molecule has 0 saturated carbocycles. The first-order chi connectivity index (χ1) is 15.5. The number of para-hydroxylation sites is 2. The van der Waals surface area contributed by atoms with Gasteiger partial charge in [0.1, 0.15) is 14.1 Å². The van der Waals surface area contributed by atoms with Crippen molar-refractivity contribution in [3.8, 4) is 0 Å². The van der Waals surface area contributed by atoms with E-state index in [1.807, 2.05) is 84.4 Å². The van der Waals surface area contributed by atoms with Crippen LogP contribution in [0.4, 0.5) is 0 Å². The number of aryl methyl sites for hydroxylation is 2. The second-order valence-electron chi connectivity index (χ2n) is 7.34. The third kappa shape index (κ3) is 7.50. The van der Waals surface area contributed by atoms with Gasteiger partial charge in [0.05, 0.1) is 5.52 Å². The molecule has 5 aromatic rings. The first kappa shape index (κ1) is 26.7. The topological polar surface area (TPSA) is 23.5 Å². The molecule has 5 rings (SSSR count). The van der Waals surface area contributed by atoms with E-state index in [2.05, 4.69) is 83.2 Å². The van der Waals surface area contributed by atoms with Crippen LogP contribution in [0.15, 0.2) is 105 Å². The predicted octanol–water partition coefficient (Wildman–Crippen LogP) is 6.85. The molecule has 0 radical (unpaired) electrons. The first-order valence-corrected chi connectivity index (χ1v) is 11.4. The molecule has 3 heterocycles. The third-order valence-electron chi connectivity index (χ3n) is 4.97. The number of H-pyrrole nitrogens is 1. The molecular formula is C28H29I2N3+2. The highest BCUT2D eigenvalue weighted by Crippen LogP contribution is 2.27. The number of fused-ring (bicyclic) bond motifs is 3. The number of nitrogens with zero attached hydrogens (tertiary/aromatic N) is 2. The van der Waals surface area contributed by atoms with E-state index in [0.29, 0.717) is 0 Å². The molecule has 0 spiro atoms. The summed E-state index contributed by atoms with van der Waals surface area (Å²) in [6.45, 7) is 7.30. The Labute approximate surface area is 226 Å². The van der Waals surface area contributed by atoms with Crippen molar-refractivity contribution >= 4 is 80.5 Å². The Balaban J connectivity index is 0.000000180. The molecule has 0 aliphatic rings. The standard InChI is InChI=1S/C12H8IN.2C8H10N.HI/c13-10-6-3-5-9-8-4-1-2-7-11(8)14-12(9)10;2*1-3-8-4-6-9(2)7-5-8;/h1-7,14H;2*3-7H,1H2,2H3;1H/q;2*+1;. The van der Waals surface area contributed by atoms with Crippen LogP contribution < -0.4 is 9.13 Å². The molecule has 0 amide bonds. The second kappa shape index (κ2) is 13.3. The van der Waals surface area contributed by atoms with Crippen LogP contribution in [-0.2, 0) is 14.1 Å². The van der Waals surface area contributed by atoms with Crippen molar-refractivity contribution in [1.82, 2.24) is 4.98 Å². The fourth-order valence-corrected chi connectivity index (χ4v) is 3.77. The van der Waals surface area contributed by atoms with E-state index in [-0.39, 0.29) is 24.0 Å². The van der Waals surface area contributed by atoms with Gasteiger partial charge in [-0.2, -0.15) is 0 Å². The molecule has 2 aromatic carbocycles. The van der Waals surface area contributed by atoms with Gasteiger partial charge in [-0.15, -0.1) is 24.0 Å². The van der Waals surface area contributed by atoms with Crippen LogP contribution >= 0.6 is 46.6 Å². The maximum Gasteiger partial charge on any atom is 0.169 e. The summed E-state index contributed by atoms with van der Waals surface area (Å²) in [7, 11) is 3.99. The molecule has 0 fully saturated rings. The molecule has 0 unspecified atom stereocenters. The van der Waals surface area contributed by atoms with Crippen molar-refractivity contribution in [3.63, 3.8) is 0 Å². The van der Waals surface area contributed by atoms with E-state index in [1.54, 1.807) is 0 Å². The molecular weight excluding hydrogens is 632 g/mol. The minimum absolute atomic E-state index is 0. The van der Waals surface area contributed by atoms with Crippen LogP contribution in [0.2, 0.25) is 0 Å². The van der Waals surface area contributed by atoms with Gasteiger partial charge in [-0.25, -0.2) is 9.13 Å². The van der Waals surface area contributed by atoms with Crippen LogP contribution in [0.25, 0.3) is 34.0 Å². The highest BCUT2D eigenvalue weighted by atomic mass is 127. The van der Waals surface area contributed by atoms with Crippen LogP contribution in [0.1, 0.15) is 11.1 Å². The van der Waals surface area contributed by atoms with Crippen LogP contribution in [0.5, 0.6) is 0 Å². The quantitative estimate of drug-likeness (QED) is 0.158. The number of nitrogens with one attached hydrogen (secondary N) is 1. The molecule has 0 aliphatic heterocycles. The number of aromatic amines is 1. The van der Waals surface area contributed by atoms with Gasteiger partial charge < -0.3 is 4.98 Å². The zero-order chi connectivity index (χ0) is 22.9. The fraction of sp³-hybridized carbons (Fsp3) is 0.0714. The maximum absolute atomic E-state index is 3.65.